The molecule has 30 heteroatoms. The van der Waals surface area contributed by atoms with Crippen molar-refractivity contribution in [3.8, 4) is 17.2 Å². The minimum absolute atomic E-state index is 0.00252. The first-order valence-electron chi connectivity index (χ1n) is 27.8. The summed E-state index contributed by atoms with van der Waals surface area (Å²) < 4.78 is 29.8. The minimum atomic E-state index is -1.23. The number of aromatic nitrogens is 1. The minimum Gasteiger partial charge on any atom is -0.491 e. The van der Waals surface area contributed by atoms with E-state index in [4.69, 9.17) is 35.3 Å². The van der Waals surface area contributed by atoms with Gasteiger partial charge in [-0.25, -0.2) is 9.59 Å². The zero-order valence-corrected chi connectivity index (χ0v) is 48.9. The van der Waals surface area contributed by atoms with Crippen molar-refractivity contribution in [2.45, 2.75) is 38.4 Å². The first-order valence-corrected chi connectivity index (χ1v) is 28.2. The van der Waals surface area contributed by atoms with Gasteiger partial charge in [0.15, 0.2) is 11.4 Å². The molecule has 476 valence electrons. The lowest BCUT2D eigenvalue weighted by atomic mass is 10.0. The summed E-state index contributed by atoms with van der Waals surface area (Å²) in [4.78, 5) is 107. The fraction of sp³-hybridized carbons (Fsp3) is 0.474. The van der Waals surface area contributed by atoms with Crippen molar-refractivity contribution in [3.05, 3.63) is 111 Å². The van der Waals surface area contributed by atoms with Crippen LogP contribution < -0.4 is 41.0 Å². The Balaban J connectivity index is 1.15. The molecular formula is C57H76ClN9O20. The van der Waals surface area contributed by atoms with E-state index in [9.17, 15) is 74.1 Å². The van der Waals surface area contributed by atoms with E-state index < -0.39 is 79.1 Å². The molecule has 2 heterocycles. The van der Waals surface area contributed by atoms with Gasteiger partial charge in [0.25, 0.3) is 5.56 Å². The number of anilines is 2. The fourth-order valence-electron chi connectivity index (χ4n) is 9.36. The second-order valence-electron chi connectivity index (χ2n) is 20.0. The number of ether oxygens (including phenoxy) is 5. The summed E-state index contributed by atoms with van der Waals surface area (Å²) in [7, 11) is 0. The summed E-state index contributed by atoms with van der Waals surface area (Å²) >= 11 is 6.56. The molecule has 4 amide bonds. The Morgan fingerprint density at radius 3 is 1.89 bits per heavy atom. The summed E-state index contributed by atoms with van der Waals surface area (Å²) in [5, 5.41) is 78.0. The van der Waals surface area contributed by atoms with Crippen molar-refractivity contribution in [1.29, 1.82) is 0 Å². The molecule has 1 aliphatic rings. The van der Waals surface area contributed by atoms with Gasteiger partial charge in [-0.05, 0) is 60.9 Å². The van der Waals surface area contributed by atoms with E-state index in [1.54, 1.807) is 87.2 Å². The number of hydrogen-bond acceptors (Lipinski definition) is 19. The van der Waals surface area contributed by atoms with Crippen LogP contribution in [0.1, 0.15) is 34.7 Å². The maximum Gasteiger partial charge on any atom is 0.319 e. The molecule has 2 atom stereocenters. The summed E-state index contributed by atoms with van der Waals surface area (Å²) in [5.41, 5.74) is 1.34. The van der Waals surface area contributed by atoms with E-state index in [0.717, 1.165) is 5.56 Å². The number of carbonyl (C=O) groups is 7. The summed E-state index contributed by atoms with van der Waals surface area (Å²) in [6.07, 6.45) is 1.20. The number of aryl methyl sites for hydroxylation is 1. The number of aliphatic carboxylic acids is 5. The number of urea groups is 2. The third kappa shape index (κ3) is 25.0. The Bertz CT molecular complexity index is 2970. The quantitative estimate of drug-likeness (QED) is 0.0296. The van der Waals surface area contributed by atoms with Crippen LogP contribution in [-0.2, 0) is 46.4 Å². The van der Waals surface area contributed by atoms with Gasteiger partial charge in [0.05, 0.1) is 84.8 Å². The van der Waals surface area contributed by atoms with Gasteiger partial charge in [-0.2, -0.15) is 0 Å². The lowest BCUT2D eigenvalue weighted by Crippen LogP contribution is -2.53. The summed E-state index contributed by atoms with van der Waals surface area (Å²) in [6.45, 7) is 0.767. The Labute approximate surface area is 505 Å². The number of aliphatic hydroxyl groups excluding tert-OH is 2. The van der Waals surface area contributed by atoms with Crippen LogP contribution in [0, 0.1) is 6.92 Å². The van der Waals surface area contributed by atoms with Crippen LogP contribution >= 0.6 is 11.6 Å². The van der Waals surface area contributed by atoms with Gasteiger partial charge in [-0.1, -0.05) is 41.9 Å². The number of benzene rings is 3. The highest BCUT2D eigenvalue weighted by Gasteiger charge is 2.29. The van der Waals surface area contributed by atoms with E-state index in [1.165, 1.54) is 16.8 Å². The van der Waals surface area contributed by atoms with Crippen molar-refractivity contribution in [1.82, 2.24) is 34.8 Å². The number of nitrogens with zero attached hydrogens (tertiary/aromatic N) is 5. The Morgan fingerprint density at radius 1 is 0.644 bits per heavy atom. The van der Waals surface area contributed by atoms with Crippen molar-refractivity contribution in [2.75, 3.05) is 149 Å². The van der Waals surface area contributed by atoms with E-state index in [2.05, 4.69) is 21.3 Å². The molecule has 1 fully saturated rings. The maximum absolute atomic E-state index is 14.3. The molecule has 3 aromatic carbocycles. The average molecular weight is 1240 g/mol. The molecule has 11 N–H and O–H groups in total. The van der Waals surface area contributed by atoms with Gasteiger partial charge in [-0.3, -0.25) is 48.4 Å². The van der Waals surface area contributed by atoms with Crippen LogP contribution in [0.15, 0.2) is 77.7 Å². The standard InChI is InChI=1S/C57H76ClN9O20/c1-38-31-67(33-44-45(58)6-3-7-47(44)86-23-20-69)55(80)53(62-57(82)61-46(30-48(70)71)40-4-2-5-43(29-40)85-22-19-68)54(38)87-27-26-84-25-24-83-21-12-59-56(81)60-41-10-8-39(9-11-41)28-42-32-65(36-51(76)77)16-15-63(34-49(72)73)13-14-64(35-50(74)75)17-18-66(42)37-52(78)79/h2-11,29,31,42,46,68-69H,12-28,30,32-37H2,1H3,(H,70,71)(H,72,73)(H,74,75)(H,76,77)(H,78,79)(H2,59,60,81)(H2,61,62,82)/t42?,46-/m0/s1. The number of pyridine rings is 1. The summed E-state index contributed by atoms with van der Waals surface area (Å²) in [5.74, 6) is -5.06. The third-order valence-electron chi connectivity index (χ3n) is 13.3. The van der Waals surface area contributed by atoms with E-state index in [-0.39, 0.29) is 154 Å². The molecule has 1 unspecified atom stereocenters. The van der Waals surface area contributed by atoms with Gasteiger partial charge in [0.2, 0.25) is 0 Å². The van der Waals surface area contributed by atoms with Gasteiger partial charge in [0.1, 0.15) is 31.3 Å². The van der Waals surface area contributed by atoms with Gasteiger partial charge in [-0.15, -0.1) is 0 Å². The molecule has 0 aliphatic carbocycles. The molecule has 0 radical (unpaired) electrons. The molecule has 29 nitrogen and oxygen atoms in total. The second-order valence-corrected chi connectivity index (χ2v) is 20.4. The highest BCUT2D eigenvalue weighted by Crippen LogP contribution is 2.31. The SMILES string of the molecule is Cc1cn(Cc2c(Cl)cccc2OCCO)c(=O)c(NC(=O)N[C@@H](CC(=O)O)c2cccc(OCCO)c2)c1OCCOCCOCCNC(=O)Nc1ccc(CC2CN(CC(=O)O)CCN(CC(=O)O)CCN(CC(=O)O)CCN2CC(=O)O)cc1. The molecule has 0 bridgehead atoms. The van der Waals surface area contributed by atoms with E-state index >= 15 is 0 Å². The van der Waals surface area contributed by atoms with Crippen LogP contribution in [-0.4, -0.2) is 246 Å². The average Bonchev–Trinajstić information content (AvgIpc) is 2.67. The van der Waals surface area contributed by atoms with E-state index in [0.29, 0.717) is 33.9 Å². The van der Waals surface area contributed by atoms with Crippen molar-refractivity contribution < 1.29 is 93.0 Å². The van der Waals surface area contributed by atoms with E-state index in [1.807, 2.05) is 0 Å². The molecule has 1 aliphatic heterocycles. The van der Waals surface area contributed by atoms with Crippen molar-refractivity contribution >= 4 is 64.9 Å². The first-order chi connectivity index (χ1) is 41.7. The highest BCUT2D eigenvalue weighted by molar-refractivity contribution is 6.31. The number of amides is 4. The van der Waals surface area contributed by atoms with Crippen molar-refractivity contribution in [2.24, 2.45) is 0 Å². The molecule has 1 aromatic heterocycles. The predicted molar refractivity (Wildman–Crippen MR) is 314 cm³/mol. The summed E-state index contributed by atoms with van der Waals surface area (Å²) in [6, 6.07) is 14.8. The zero-order chi connectivity index (χ0) is 63.3. The number of rotatable bonds is 34. The molecular weight excluding hydrogens is 1170 g/mol. The number of carboxylic acid groups (broad SMARTS) is 5. The number of carbonyl (C=O) groups excluding carboxylic acids is 2. The lowest BCUT2D eigenvalue weighted by molar-refractivity contribution is -0.142. The smallest absolute Gasteiger partial charge is 0.319 e. The fourth-order valence-corrected chi connectivity index (χ4v) is 9.59. The number of halogens is 1. The Kier molecular flexibility index (Phi) is 29.4. The Morgan fingerprint density at radius 2 is 1.24 bits per heavy atom. The van der Waals surface area contributed by atoms with Crippen LogP contribution in [0.2, 0.25) is 5.02 Å². The van der Waals surface area contributed by atoms with Crippen LogP contribution in [0.5, 0.6) is 17.2 Å². The van der Waals surface area contributed by atoms with Crippen LogP contribution in [0.25, 0.3) is 0 Å². The van der Waals surface area contributed by atoms with Gasteiger partial charge < -0.3 is 85.3 Å². The number of aliphatic hydroxyl groups is 2. The van der Waals surface area contributed by atoms with Gasteiger partial charge >= 0.3 is 41.9 Å². The zero-order valence-electron chi connectivity index (χ0n) is 48.1. The molecule has 0 saturated carbocycles. The normalized spacial score (nSPS) is 15.0. The topological polar surface area (TPSA) is 390 Å². The van der Waals surface area contributed by atoms with Crippen molar-refractivity contribution in [3.63, 3.8) is 0 Å². The van der Waals surface area contributed by atoms with Crippen LogP contribution in [0.4, 0.5) is 21.0 Å². The number of carboxylic acids is 5. The largest absolute Gasteiger partial charge is 0.491 e. The lowest BCUT2D eigenvalue weighted by Gasteiger charge is -2.37. The number of hydrogen-bond donors (Lipinski definition) is 11. The molecule has 4 aromatic rings. The molecule has 0 spiro atoms. The predicted octanol–water partition coefficient (Wildman–Crippen LogP) is 1.64. The molecule has 1 saturated heterocycles. The third-order valence-corrected chi connectivity index (χ3v) is 13.7. The maximum atomic E-state index is 14.3. The molecule has 5 rings (SSSR count). The number of nitrogens with one attached hydrogen (secondary N) is 4. The van der Waals surface area contributed by atoms with Gasteiger partial charge in [0, 0.05) is 86.4 Å². The van der Waals surface area contributed by atoms with Crippen LogP contribution in [0.3, 0.4) is 0 Å². The highest BCUT2D eigenvalue weighted by atomic mass is 35.5. The molecule has 87 heavy (non-hydrogen) atoms. The Hall–Kier alpha value is -8.13. The monoisotopic (exact) mass is 1240 g/mol. The second kappa shape index (κ2) is 36.8. The first kappa shape index (κ1) is 69.6.